The fraction of sp³-hybridized carbons (Fsp3) is 0.312. The van der Waals surface area contributed by atoms with Crippen molar-refractivity contribution < 1.29 is 18.7 Å². The molecule has 1 aliphatic heterocycles. The number of carbonyl (C=O) groups excluding carboxylic acids is 2. The van der Waals surface area contributed by atoms with Crippen molar-refractivity contribution in [3.63, 3.8) is 0 Å². The van der Waals surface area contributed by atoms with Crippen LogP contribution in [0.5, 0.6) is 0 Å². The zero-order chi connectivity index (χ0) is 17.5. The number of anilines is 1. The van der Waals surface area contributed by atoms with Crippen molar-refractivity contribution in [2.24, 2.45) is 0 Å². The van der Waals surface area contributed by atoms with Gasteiger partial charge in [-0.25, -0.2) is 9.18 Å². The lowest BCUT2D eigenvalue weighted by Crippen LogP contribution is -2.47. The van der Waals surface area contributed by atoms with Gasteiger partial charge in [-0.15, -0.1) is 0 Å². The second-order valence-corrected chi connectivity index (χ2v) is 5.11. The van der Waals surface area contributed by atoms with E-state index in [2.05, 4.69) is 10.1 Å². The number of methoxy groups -OCH3 is 1. The van der Waals surface area contributed by atoms with Crippen molar-refractivity contribution in [2.45, 2.75) is 0 Å². The van der Waals surface area contributed by atoms with E-state index in [1.54, 1.807) is 9.80 Å². The molecule has 1 N–H and O–H groups in total. The van der Waals surface area contributed by atoms with Crippen molar-refractivity contribution in [3.8, 4) is 6.07 Å². The van der Waals surface area contributed by atoms with E-state index >= 15 is 0 Å². The fourth-order valence-corrected chi connectivity index (χ4v) is 2.22. The molecule has 0 aromatic heterocycles. The maximum absolute atomic E-state index is 12.9. The minimum atomic E-state index is -0.570. The van der Waals surface area contributed by atoms with Crippen LogP contribution in [0.2, 0.25) is 0 Å². The molecule has 1 fully saturated rings. The summed E-state index contributed by atoms with van der Waals surface area (Å²) in [7, 11) is 1.32. The first-order valence-electron chi connectivity index (χ1n) is 7.29. The van der Waals surface area contributed by atoms with Crippen molar-refractivity contribution in [1.82, 2.24) is 9.80 Å². The number of amides is 2. The third-order valence-corrected chi connectivity index (χ3v) is 3.53. The Morgan fingerprint density at radius 3 is 2.42 bits per heavy atom. The van der Waals surface area contributed by atoms with Crippen molar-refractivity contribution in [2.75, 3.05) is 38.6 Å². The Labute approximate surface area is 138 Å². The van der Waals surface area contributed by atoms with Gasteiger partial charge in [0.05, 0.1) is 7.11 Å². The zero-order valence-electron chi connectivity index (χ0n) is 13.2. The first-order chi connectivity index (χ1) is 11.5. The Morgan fingerprint density at radius 1 is 1.25 bits per heavy atom. The first kappa shape index (κ1) is 17.3. The number of hydrogen-bond donors (Lipinski definition) is 1. The van der Waals surface area contributed by atoms with Crippen LogP contribution < -0.4 is 5.32 Å². The maximum atomic E-state index is 12.9. The highest BCUT2D eigenvalue weighted by atomic mass is 19.1. The summed E-state index contributed by atoms with van der Waals surface area (Å²) >= 11 is 0. The predicted molar refractivity (Wildman–Crippen MR) is 84.3 cm³/mol. The molecule has 8 heteroatoms. The number of nitrogens with zero attached hydrogens (tertiary/aromatic N) is 3. The maximum Gasteiger partial charge on any atom is 0.409 e. The summed E-state index contributed by atoms with van der Waals surface area (Å²) in [6.07, 6.45) is 1.07. The van der Waals surface area contributed by atoms with Gasteiger partial charge in [0.2, 0.25) is 0 Å². The van der Waals surface area contributed by atoms with Gasteiger partial charge >= 0.3 is 6.09 Å². The van der Waals surface area contributed by atoms with Gasteiger partial charge in [0.25, 0.3) is 5.91 Å². The molecule has 2 rings (SSSR count). The summed E-state index contributed by atoms with van der Waals surface area (Å²) < 4.78 is 17.5. The van der Waals surface area contributed by atoms with Crippen molar-refractivity contribution in [1.29, 1.82) is 5.26 Å². The van der Waals surface area contributed by atoms with Crippen LogP contribution >= 0.6 is 0 Å². The Balaban J connectivity index is 1.97. The number of nitrogens with one attached hydrogen (secondary N) is 1. The van der Waals surface area contributed by atoms with E-state index in [4.69, 9.17) is 0 Å². The predicted octanol–water partition coefficient (Wildman–Crippen LogP) is 1.56. The van der Waals surface area contributed by atoms with Gasteiger partial charge in [-0.1, -0.05) is 0 Å². The lowest BCUT2D eigenvalue weighted by molar-refractivity contribution is -0.112. The molecule has 0 atom stereocenters. The molecule has 1 aromatic rings. The van der Waals surface area contributed by atoms with Gasteiger partial charge < -0.3 is 19.9 Å². The molecule has 0 spiro atoms. The largest absolute Gasteiger partial charge is 0.453 e. The number of piperazine rings is 1. The first-order valence-corrected chi connectivity index (χ1v) is 7.29. The van der Waals surface area contributed by atoms with Gasteiger partial charge in [-0.2, -0.15) is 5.26 Å². The molecule has 2 amide bonds. The average molecular weight is 332 g/mol. The van der Waals surface area contributed by atoms with E-state index in [9.17, 15) is 19.2 Å². The van der Waals surface area contributed by atoms with Gasteiger partial charge in [-0.05, 0) is 24.3 Å². The van der Waals surface area contributed by atoms with Crippen LogP contribution in [0.3, 0.4) is 0 Å². The Bertz CT molecular complexity index is 674. The zero-order valence-corrected chi connectivity index (χ0v) is 13.2. The average Bonchev–Trinajstić information content (AvgIpc) is 2.61. The monoisotopic (exact) mass is 332 g/mol. The SMILES string of the molecule is COC(=O)N1CCN(/C=C(/C#N)C(=O)Nc2ccc(F)cc2)CC1. The normalized spacial score (nSPS) is 14.8. The summed E-state index contributed by atoms with van der Waals surface area (Å²) in [6, 6.07) is 7.12. The fourth-order valence-electron chi connectivity index (χ4n) is 2.22. The van der Waals surface area contributed by atoms with Gasteiger partial charge in [0, 0.05) is 38.1 Å². The summed E-state index contributed by atoms with van der Waals surface area (Å²) in [5.74, 6) is -0.980. The van der Waals surface area contributed by atoms with Gasteiger partial charge in [0.15, 0.2) is 0 Å². The van der Waals surface area contributed by atoms with Gasteiger partial charge in [0.1, 0.15) is 17.5 Å². The Morgan fingerprint density at radius 2 is 1.88 bits per heavy atom. The quantitative estimate of drug-likeness (QED) is 0.670. The summed E-state index contributed by atoms with van der Waals surface area (Å²) in [5.41, 5.74) is 0.337. The minimum Gasteiger partial charge on any atom is -0.453 e. The number of benzene rings is 1. The molecule has 0 unspecified atom stereocenters. The molecule has 0 bridgehead atoms. The lowest BCUT2D eigenvalue weighted by Gasteiger charge is -2.33. The van der Waals surface area contributed by atoms with Crippen molar-refractivity contribution >= 4 is 17.7 Å². The van der Waals surface area contributed by atoms with Crippen LogP contribution in [0.4, 0.5) is 14.9 Å². The molecule has 1 heterocycles. The van der Waals surface area contributed by atoms with E-state index < -0.39 is 17.8 Å². The number of carbonyl (C=O) groups is 2. The summed E-state index contributed by atoms with van der Waals surface area (Å²) in [5, 5.41) is 11.7. The molecule has 1 saturated heterocycles. The van der Waals surface area contributed by atoms with Gasteiger partial charge in [-0.3, -0.25) is 4.79 Å². The van der Waals surface area contributed by atoms with E-state index in [0.29, 0.717) is 31.9 Å². The molecule has 1 aliphatic rings. The Hall–Kier alpha value is -3.08. The topological polar surface area (TPSA) is 85.7 Å². The number of nitriles is 1. The number of hydrogen-bond acceptors (Lipinski definition) is 5. The summed E-state index contributed by atoms with van der Waals surface area (Å²) in [6.45, 7) is 1.87. The van der Waals surface area contributed by atoms with E-state index in [-0.39, 0.29) is 5.57 Å². The van der Waals surface area contributed by atoms with Crippen LogP contribution in [-0.2, 0) is 9.53 Å². The second kappa shape index (κ2) is 7.97. The summed E-state index contributed by atoms with van der Waals surface area (Å²) in [4.78, 5) is 26.9. The molecule has 1 aromatic carbocycles. The second-order valence-electron chi connectivity index (χ2n) is 5.11. The van der Waals surface area contributed by atoms with Crippen LogP contribution in [0.1, 0.15) is 0 Å². The van der Waals surface area contributed by atoms with E-state index in [1.807, 2.05) is 6.07 Å². The molecule has 126 valence electrons. The number of rotatable bonds is 3. The molecular weight excluding hydrogens is 315 g/mol. The lowest BCUT2D eigenvalue weighted by atomic mass is 10.2. The third kappa shape index (κ3) is 4.46. The highest BCUT2D eigenvalue weighted by Gasteiger charge is 2.21. The van der Waals surface area contributed by atoms with E-state index in [0.717, 1.165) is 0 Å². The van der Waals surface area contributed by atoms with Crippen molar-refractivity contribution in [3.05, 3.63) is 41.9 Å². The molecule has 0 radical (unpaired) electrons. The number of halogens is 1. The standard InChI is InChI=1S/C16H17FN4O3/c1-24-16(23)21-8-6-20(7-9-21)11-12(10-18)15(22)19-14-4-2-13(17)3-5-14/h2-5,11H,6-9H2,1H3,(H,19,22)/b12-11-. The van der Waals surface area contributed by atoms with Crippen LogP contribution in [0.15, 0.2) is 36.0 Å². The molecule has 0 saturated carbocycles. The smallest absolute Gasteiger partial charge is 0.409 e. The van der Waals surface area contributed by atoms with Crippen LogP contribution in [0.25, 0.3) is 0 Å². The molecule has 24 heavy (non-hydrogen) atoms. The number of ether oxygens (including phenoxy) is 1. The van der Waals surface area contributed by atoms with Crippen LogP contribution in [0, 0.1) is 17.1 Å². The highest BCUT2D eigenvalue weighted by Crippen LogP contribution is 2.11. The Kier molecular flexibility index (Phi) is 5.73. The molecule has 7 nitrogen and oxygen atoms in total. The minimum absolute atomic E-state index is 0.0640. The highest BCUT2D eigenvalue weighted by molar-refractivity contribution is 6.06. The molecular formula is C16H17FN4O3. The van der Waals surface area contributed by atoms with Crippen LogP contribution in [-0.4, -0.2) is 55.1 Å². The van der Waals surface area contributed by atoms with E-state index in [1.165, 1.54) is 37.6 Å². The molecule has 0 aliphatic carbocycles. The third-order valence-electron chi connectivity index (χ3n) is 3.53.